The number of nitrogens with two attached hydrogens (primary N) is 1. The maximum atomic E-state index is 12.6. The standard InChI is InChI=1S/C26H48N6OS/c1-34-24-6-4-5-22(16-24)29-26(33)28-17-23-15-20-8-10-32(23)19-21(20)18-30-11-13-31(14-12-30)25-7-2-3-9-27-25/h20-25,27H,2-19H2,1H3,(H2,28,29,33)/p+2/t20-,21+,22?,23+,24?,25?/m1/s1. The van der Waals surface area contributed by atoms with E-state index >= 15 is 0 Å². The first-order valence-electron chi connectivity index (χ1n) is 14.4. The summed E-state index contributed by atoms with van der Waals surface area (Å²) in [6.45, 7) is 11.1. The van der Waals surface area contributed by atoms with Gasteiger partial charge >= 0.3 is 6.03 Å². The van der Waals surface area contributed by atoms with Crippen molar-refractivity contribution in [2.45, 2.75) is 81.3 Å². The first-order valence-corrected chi connectivity index (χ1v) is 15.7. The summed E-state index contributed by atoms with van der Waals surface area (Å²) in [5, 5.41) is 9.83. The number of hydrogen-bond acceptors (Lipinski definition) is 4. The number of piperidine rings is 4. The molecule has 0 radical (unpaired) electrons. The third-order valence-corrected chi connectivity index (χ3v) is 10.9. The summed E-state index contributed by atoms with van der Waals surface area (Å²) in [6.07, 6.45) is 14.7. The topological polar surface area (TPSA) is 68.7 Å². The minimum absolute atomic E-state index is 0.0680. The van der Waals surface area contributed by atoms with Gasteiger partial charge in [-0.25, -0.2) is 4.79 Å². The van der Waals surface area contributed by atoms with E-state index in [4.69, 9.17) is 0 Å². The van der Waals surface area contributed by atoms with E-state index in [1.54, 1.807) is 4.90 Å². The highest BCUT2D eigenvalue weighted by Gasteiger charge is 2.44. The highest BCUT2D eigenvalue weighted by atomic mass is 32.2. The van der Waals surface area contributed by atoms with Crippen molar-refractivity contribution in [1.29, 1.82) is 0 Å². The molecule has 8 heteroatoms. The van der Waals surface area contributed by atoms with Crippen molar-refractivity contribution in [1.82, 2.24) is 20.4 Å². The summed E-state index contributed by atoms with van der Waals surface area (Å²) >= 11 is 1.96. The lowest BCUT2D eigenvalue weighted by atomic mass is 9.75. The van der Waals surface area contributed by atoms with Gasteiger partial charge in [-0.1, -0.05) is 6.42 Å². The largest absolute Gasteiger partial charge is 0.335 e. The third kappa shape index (κ3) is 6.41. The average Bonchev–Trinajstić information content (AvgIpc) is 2.89. The second-order valence-electron chi connectivity index (χ2n) is 11.9. The lowest BCUT2D eigenvalue weighted by molar-refractivity contribution is -0.945. The summed E-state index contributed by atoms with van der Waals surface area (Å²) in [7, 11) is 0. The van der Waals surface area contributed by atoms with Gasteiger partial charge in [0.2, 0.25) is 0 Å². The number of thioether (sulfide) groups is 1. The van der Waals surface area contributed by atoms with Crippen LogP contribution in [-0.4, -0.2) is 104 Å². The zero-order chi connectivity index (χ0) is 23.3. The maximum absolute atomic E-state index is 12.6. The summed E-state index contributed by atoms with van der Waals surface area (Å²) in [5.41, 5.74) is 0. The maximum Gasteiger partial charge on any atom is 0.315 e. The van der Waals surface area contributed by atoms with Crippen LogP contribution in [0.3, 0.4) is 0 Å². The normalized spacial score (nSPS) is 39.6. The lowest BCUT2D eigenvalue weighted by Crippen LogP contribution is -3.20. The molecule has 194 valence electrons. The number of amides is 2. The summed E-state index contributed by atoms with van der Waals surface area (Å²) in [5.74, 6) is 1.71. The van der Waals surface area contributed by atoms with Crippen LogP contribution in [-0.2, 0) is 0 Å². The van der Waals surface area contributed by atoms with Crippen LogP contribution in [0.5, 0.6) is 0 Å². The molecule has 6 aliphatic rings. The SMILES string of the molecule is CSC1CCCC(NC(=O)NC[C@@H]2C[C@H]3CC[NH+]2C[C@@H]3CN2CCN(C3CCCC[NH2+]3)CC2)C1. The number of nitrogens with one attached hydrogen (secondary N) is 3. The van der Waals surface area contributed by atoms with Crippen molar-refractivity contribution in [3.63, 3.8) is 0 Å². The van der Waals surface area contributed by atoms with Gasteiger partial charge in [0.1, 0.15) is 12.2 Å². The van der Waals surface area contributed by atoms with Crippen LogP contribution in [0.2, 0.25) is 0 Å². The number of carbonyl (C=O) groups is 1. The monoisotopic (exact) mass is 494 g/mol. The molecule has 5 aliphatic heterocycles. The van der Waals surface area contributed by atoms with Crippen LogP contribution < -0.4 is 20.9 Å². The van der Waals surface area contributed by atoms with E-state index in [2.05, 4.69) is 32.0 Å². The molecule has 4 unspecified atom stereocenters. The molecular formula is C26H50N6OS+2. The second kappa shape index (κ2) is 12.1. The Labute approximate surface area is 211 Å². The van der Waals surface area contributed by atoms with E-state index in [-0.39, 0.29) is 6.03 Å². The Morgan fingerprint density at radius 3 is 2.68 bits per heavy atom. The fourth-order valence-corrected chi connectivity index (χ4v) is 8.50. The second-order valence-corrected chi connectivity index (χ2v) is 13.0. The van der Waals surface area contributed by atoms with E-state index in [9.17, 15) is 4.79 Å². The first-order chi connectivity index (χ1) is 16.7. The Morgan fingerprint density at radius 1 is 1.06 bits per heavy atom. The van der Waals surface area contributed by atoms with Gasteiger partial charge in [0, 0.05) is 69.2 Å². The predicted octanol–water partition coefficient (Wildman–Crippen LogP) is -0.0559. The van der Waals surface area contributed by atoms with E-state index in [0.717, 1.165) is 37.4 Å². The zero-order valence-corrected chi connectivity index (χ0v) is 22.3. The molecule has 1 aliphatic carbocycles. The fraction of sp³-hybridized carbons (Fsp3) is 0.962. The van der Waals surface area contributed by atoms with Gasteiger partial charge in [0.15, 0.2) is 0 Å². The van der Waals surface area contributed by atoms with Gasteiger partial charge < -0.3 is 25.8 Å². The van der Waals surface area contributed by atoms with Crippen LogP contribution in [0.15, 0.2) is 0 Å². The molecule has 1 saturated carbocycles. The Balaban J connectivity index is 1.01. The molecule has 2 bridgehead atoms. The molecule has 5 saturated heterocycles. The van der Waals surface area contributed by atoms with E-state index < -0.39 is 0 Å². The molecule has 5 heterocycles. The first kappa shape index (κ1) is 25.1. The van der Waals surface area contributed by atoms with Crippen LogP contribution in [0, 0.1) is 11.8 Å². The molecule has 34 heavy (non-hydrogen) atoms. The number of fused-ring (bicyclic) bond motifs is 3. The minimum atomic E-state index is 0.0680. The fourth-order valence-electron chi connectivity index (χ4n) is 7.68. The number of urea groups is 1. The van der Waals surface area contributed by atoms with Crippen molar-refractivity contribution in [2.24, 2.45) is 11.8 Å². The Morgan fingerprint density at radius 2 is 1.94 bits per heavy atom. The summed E-state index contributed by atoms with van der Waals surface area (Å²) < 4.78 is 0. The molecule has 7 nitrogen and oxygen atoms in total. The molecule has 0 aromatic heterocycles. The van der Waals surface area contributed by atoms with Crippen molar-refractivity contribution in [2.75, 3.05) is 65.2 Å². The summed E-state index contributed by atoms with van der Waals surface area (Å²) in [4.78, 5) is 19.8. The zero-order valence-electron chi connectivity index (χ0n) is 21.5. The van der Waals surface area contributed by atoms with Crippen molar-refractivity contribution in [3.05, 3.63) is 0 Å². The van der Waals surface area contributed by atoms with Crippen LogP contribution >= 0.6 is 11.8 Å². The van der Waals surface area contributed by atoms with Crippen molar-refractivity contribution < 1.29 is 15.0 Å². The molecular weight excluding hydrogens is 444 g/mol. The highest BCUT2D eigenvalue weighted by Crippen LogP contribution is 2.28. The molecule has 0 aromatic rings. The number of hydrogen-bond donors (Lipinski definition) is 4. The smallest absolute Gasteiger partial charge is 0.315 e. The Kier molecular flexibility index (Phi) is 8.96. The molecule has 7 atom stereocenters. The third-order valence-electron chi connectivity index (χ3n) is 9.76. The van der Waals surface area contributed by atoms with Crippen LogP contribution in [0.1, 0.15) is 57.8 Å². The van der Waals surface area contributed by atoms with E-state index in [1.165, 1.54) is 97.3 Å². The molecule has 5 N–H and O–H groups in total. The predicted molar refractivity (Wildman–Crippen MR) is 139 cm³/mol. The number of nitrogens with zero attached hydrogens (tertiary/aromatic N) is 2. The van der Waals surface area contributed by atoms with E-state index in [0.29, 0.717) is 17.3 Å². The van der Waals surface area contributed by atoms with Gasteiger partial charge in [-0.3, -0.25) is 4.90 Å². The quantitative estimate of drug-likeness (QED) is 0.401. The van der Waals surface area contributed by atoms with Gasteiger partial charge in [0.05, 0.1) is 26.2 Å². The molecule has 2 amide bonds. The summed E-state index contributed by atoms with van der Waals surface area (Å²) in [6, 6.07) is 1.05. The highest BCUT2D eigenvalue weighted by molar-refractivity contribution is 7.99. The van der Waals surface area contributed by atoms with Crippen molar-refractivity contribution >= 4 is 17.8 Å². The number of piperazine rings is 1. The molecule has 0 spiro atoms. The number of carbonyl (C=O) groups excluding carboxylic acids is 1. The van der Waals surface area contributed by atoms with Gasteiger partial charge in [-0.2, -0.15) is 11.8 Å². The minimum Gasteiger partial charge on any atom is -0.335 e. The van der Waals surface area contributed by atoms with E-state index in [1.807, 2.05) is 11.8 Å². The Bertz CT molecular complexity index is 653. The molecule has 6 fully saturated rings. The molecule has 0 aromatic carbocycles. The average molecular weight is 495 g/mol. The van der Waals surface area contributed by atoms with Gasteiger partial charge in [0.25, 0.3) is 0 Å². The van der Waals surface area contributed by atoms with Crippen LogP contribution in [0.25, 0.3) is 0 Å². The van der Waals surface area contributed by atoms with Gasteiger partial charge in [-0.05, 0) is 44.3 Å². The van der Waals surface area contributed by atoms with Crippen LogP contribution in [0.4, 0.5) is 4.79 Å². The molecule has 6 rings (SSSR count). The number of rotatable bonds is 7. The van der Waals surface area contributed by atoms with Gasteiger partial charge in [-0.15, -0.1) is 0 Å². The lowest BCUT2D eigenvalue weighted by Gasteiger charge is -2.49. The van der Waals surface area contributed by atoms with Crippen molar-refractivity contribution in [3.8, 4) is 0 Å². The number of quaternary nitrogens is 2. The Hall–Kier alpha value is -0.540.